The molecule has 1 fully saturated rings. The van der Waals surface area contributed by atoms with Crippen LogP contribution in [0.1, 0.15) is 19.8 Å². The lowest BCUT2D eigenvalue weighted by atomic mass is 10.1. The van der Waals surface area contributed by atoms with E-state index in [0.717, 1.165) is 41.7 Å². The average Bonchev–Trinajstić information content (AvgIpc) is 2.93. The normalized spacial score (nSPS) is 20.3. The number of benzene rings is 1. The van der Waals surface area contributed by atoms with E-state index in [-0.39, 0.29) is 0 Å². The van der Waals surface area contributed by atoms with E-state index >= 15 is 0 Å². The lowest BCUT2D eigenvalue weighted by Crippen LogP contribution is -2.20. The fourth-order valence-corrected chi connectivity index (χ4v) is 2.52. The van der Waals surface area contributed by atoms with Crippen LogP contribution in [-0.4, -0.2) is 23.1 Å². The zero-order valence-electron chi connectivity index (χ0n) is 10.1. The molecule has 3 rings (SSSR count). The number of nitrogens with two attached hydrogens (primary N) is 1. The van der Waals surface area contributed by atoms with Crippen LogP contribution in [-0.2, 0) is 0 Å². The molecule has 2 heterocycles. The van der Waals surface area contributed by atoms with E-state index in [2.05, 4.69) is 21.8 Å². The first-order chi connectivity index (χ1) is 8.26. The number of hydrogen-bond acceptors (Lipinski definition) is 3. The van der Waals surface area contributed by atoms with Gasteiger partial charge >= 0.3 is 0 Å². The summed E-state index contributed by atoms with van der Waals surface area (Å²) in [7, 11) is 0. The minimum absolute atomic E-state index is 0.778. The average molecular weight is 230 g/mol. The largest absolute Gasteiger partial charge is 0.399 e. The van der Waals surface area contributed by atoms with Crippen molar-refractivity contribution in [3.8, 4) is 0 Å². The SMILES string of the molecule is CCC1CCN(c2nc3ccc(N)cc3[nH]2)C1. The Morgan fingerprint density at radius 1 is 1.53 bits per heavy atom. The Morgan fingerprint density at radius 3 is 3.18 bits per heavy atom. The van der Waals surface area contributed by atoms with Crippen molar-refractivity contribution < 1.29 is 0 Å². The Labute approximate surface area is 101 Å². The fraction of sp³-hybridized carbons (Fsp3) is 0.462. The first-order valence-electron chi connectivity index (χ1n) is 6.26. The summed E-state index contributed by atoms with van der Waals surface area (Å²) in [5.74, 6) is 1.80. The van der Waals surface area contributed by atoms with Crippen LogP contribution in [0, 0.1) is 5.92 Å². The summed E-state index contributed by atoms with van der Waals surface area (Å²) in [5.41, 5.74) is 8.57. The molecule has 1 unspecified atom stereocenters. The van der Waals surface area contributed by atoms with Crippen molar-refractivity contribution >= 4 is 22.7 Å². The molecule has 0 aliphatic carbocycles. The molecule has 0 radical (unpaired) electrons. The minimum Gasteiger partial charge on any atom is -0.399 e. The molecule has 0 amide bonds. The predicted molar refractivity (Wildman–Crippen MR) is 71.1 cm³/mol. The fourth-order valence-electron chi connectivity index (χ4n) is 2.52. The van der Waals surface area contributed by atoms with Gasteiger partial charge in [0, 0.05) is 18.8 Å². The second-order valence-corrected chi connectivity index (χ2v) is 4.85. The van der Waals surface area contributed by atoms with Crippen molar-refractivity contribution in [3.05, 3.63) is 18.2 Å². The van der Waals surface area contributed by atoms with Crippen LogP contribution in [0.15, 0.2) is 18.2 Å². The van der Waals surface area contributed by atoms with E-state index in [1.54, 1.807) is 0 Å². The standard InChI is InChI=1S/C13H18N4/c1-2-9-5-6-17(8-9)13-15-11-4-3-10(14)7-12(11)16-13/h3-4,7,9H,2,5-6,8,14H2,1H3,(H,15,16). The molecule has 2 aromatic rings. The Bertz CT molecular complexity index is 531. The quantitative estimate of drug-likeness (QED) is 0.779. The number of hydrogen-bond donors (Lipinski definition) is 2. The van der Waals surface area contributed by atoms with Gasteiger partial charge in [-0.25, -0.2) is 4.98 Å². The number of imidazole rings is 1. The van der Waals surface area contributed by atoms with Crippen molar-refractivity contribution in [2.24, 2.45) is 5.92 Å². The van der Waals surface area contributed by atoms with Gasteiger partial charge in [-0.15, -0.1) is 0 Å². The van der Waals surface area contributed by atoms with Crippen LogP contribution >= 0.6 is 0 Å². The van der Waals surface area contributed by atoms with Crippen LogP contribution < -0.4 is 10.6 Å². The van der Waals surface area contributed by atoms with Crippen molar-refractivity contribution in [1.82, 2.24) is 9.97 Å². The first kappa shape index (κ1) is 10.4. The number of aromatic nitrogens is 2. The number of aromatic amines is 1. The van der Waals surface area contributed by atoms with E-state index in [0.29, 0.717) is 0 Å². The zero-order chi connectivity index (χ0) is 11.8. The van der Waals surface area contributed by atoms with Gasteiger partial charge in [-0.1, -0.05) is 13.3 Å². The number of nitrogens with zero attached hydrogens (tertiary/aromatic N) is 2. The zero-order valence-corrected chi connectivity index (χ0v) is 10.1. The highest BCUT2D eigenvalue weighted by Crippen LogP contribution is 2.25. The Balaban J connectivity index is 1.91. The highest BCUT2D eigenvalue weighted by atomic mass is 15.3. The maximum absolute atomic E-state index is 5.77. The Kier molecular flexibility index (Phi) is 2.42. The predicted octanol–water partition coefficient (Wildman–Crippen LogP) is 2.38. The van der Waals surface area contributed by atoms with E-state index in [4.69, 9.17) is 5.73 Å². The second kappa shape index (κ2) is 3.95. The smallest absolute Gasteiger partial charge is 0.203 e. The molecule has 1 saturated heterocycles. The van der Waals surface area contributed by atoms with Gasteiger partial charge in [0.05, 0.1) is 11.0 Å². The third kappa shape index (κ3) is 1.84. The van der Waals surface area contributed by atoms with Gasteiger partial charge in [0.25, 0.3) is 0 Å². The summed E-state index contributed by atoms with van der Waals surface area (Å²) in [6.45, 7) is 4.48. The lowest BCUT2D eigenvalue weighted by Gasteiger charge is -2.14. The van der Waals surface area contributed by atoms with E-state index < -0.39 is 0 Å². The van der Waals surface area contributed by atoms with Crippen molar-refractivity contribution in [3.63, 3.8) is 0 Å². The first-order valence-corrected chi connectivity index (χ1v) is 6.26. The highest BCUT2D eigenvalue weighted by Gasteiger charge is 2.23. The summed E-state index contributed by atoms with van der Waals surface area (Å²) in [5, 5.41) is 0. The molecule has 90 valence electrons. The van der Waals surface area contributed by atoms with Crippen LogP contribution in [0.25, 0.3) is 11.0 Å². The molecule has 0 saturated carbocycles. The minimum atomic E-state index is 0.778. The number of anilines is 2. The van der Waals surface area contributed by atoms with Crippen molar-refractivity contribution in [2.45, 2.75) is 19.8 Å². The molecule has 1 aromatic heterocycles. The highest BCUT2D eigenvalue weighted by molar-refractivity contribution is 5.80. The number of nitrogen functional groups attached to an aromatic ring is 1. The molecule has 0 spiro atoms. The molecule has 1 aromatic carbocycles. The molecule has 1 aliphatic heterocycles. The molecular formula is C13H18N4. The number of H-pyrrole nitrogens is 1. The van der Waals surface area contributed by atoms with Gasteiger partial charge in [-0.2, -0.15) is 0 Å². The molecule has 4 nitrogen and oxygen atoms in total. The maximum atomic E-state index is 5.77. The molecule has 3 N–H and O–H groups in total. The second-order valence-electron chi connectivity index (χ2n) is 4.85. The Hall–Kier alpha value is -1.71. The van der Waals surface area contributed by atoms with Gasteiger partial charge in [0.1, 0.15) is 0 Å². The molecule has 4 heteroatoms. The molecule has 17 heavy (non-hydrogen) atoms. The van der Waals surface area contributed by atoms with E-state index in [1.165, 1.54) is 12.8 Å². The van der Waals surface area contributed by atoms with E-state index in [1.807, 2.05) is 18.2 Å². The van der Waals surface area contributed by atoms with Crippen molar-refractivity contribution in [1.29, 1.82) is 0 Å². The van der Waals surface area contributed by atoms with Crippen LogP contribution in [0.5, 0.6) is 0 Å². The summed E-state index contributed by atoms with van der Waals surface area (Å²) >= 11 is 0. The molecular weight excluding hydrogens is 212 g/mol. The van der Waals surface area contributed by atoms with Gasteiger partial charge in [-0.3, -0.25) is 0 Å². The molecule has 1 atom stereocenters. The van der Waals surface area contributed by atoms with Crippen LogP contribution in [0.4, 0.5) is 11.6 Å². The summed E-state index contributed by atoms with van der Waals surface area (Å²) in [6, 6.07) is 5.81. The summed E-state index contributed by atoms with van der Waals surface area (Å²) in [6.07, 6.45) is 2.53. The van der Waals surface area contributed by atoms with Gasteiger partial charge in [-0.05, 0) is 30.5 Å². The van der Waals surface area contributed by atoms with E-state index in [9.17, 15) is 0 Å². The van der Waals surface area contributed by atoms with Crippen LogP contribution in [0.3, 0.4) is 0 Å². The molecule has 1 aliphatic rings. The molecule has 0 bridgehead atoms. The summed E-state index contributed by atoms with van der Waals surface area (Å²) < 4.78 is 0. The number of nitrogens with one attached hydrogen (secondary N) is 1. The number of fused-ring (bicyclic) bond motifs is 1. The van der Waals surface area contributed by atoms with Gasteiger partial charge in [0.2, 0.25) is 5.95 Å². The Morgan fingerprint density at radius 2 is 2.41 bits per heavy atom. The third-order valence-corrected chi connectivity index (χ3v) is 3.66. The summed E-state index contributed by atoms with van der Waals surface area (Å²) in [4.78, 5) is 10.3. The van der Waals surface area contributed by atoms with Gasteiger partial charge < -0.3 is 15.6 Å². The lowest BCUT2D eigenvalue weighted by molar-refractivity contribution is 0.568. The third-order valence-electron chi connectivity index (χ3n) is 3.66. The van der Waals surface area contributed by atoms with Gasteiger partial charge in [0.15, 0.2) is 0 Å². The topological polar surface area (TPSA) is 57.9 Å². The van der Waals surface area contributed by atoms with Crippen LogP contribution in [0.2, 0.25) is 0 Å². The van der Waals surface area contributed by atoms with Crippen molar-refractivity contribution in [2.75, 3.05) is 23.7 Å². The maximum Gasteiger partial charge on any atom is 0.203 e. The monoisotopic (exact) mass is 230 g/mol. The number of rotatable bonds is 2.